The SMILES string of the molecule is NC(=O)c1ccc(CSCC2CCCO2)c(N)c1. The number of carbonyl (C=O) groups excluding carboxylic acids is 1. The molecule has 1 unspecified atom stereocenters. The van der Waals surface area contributed by atoms with Crippen LogP contribution >= 0.6 is 11.8 Å². The third-order valence-electron chi connectivity index (χ3n) is 3.02. The molecule has 5 heteroatoms. The highest BCUT2D eigenvalue weighted by molar-refractivity contribution is 7.98. The van der Waals surface area contributed by atoms with Gasteiger partial charge in [-0.25, -0.2) is 0 Å². The number of carbonyl (C=O) groups is 1. The highest BCUT2D eigenvalue weighted by Gasteiger charge is 2.15. The predicted octanol–water partition coefficient (Wildman–Crippen LogP) is 1.78. The van der Waals surface area contributed by atoms with Gasteiger partial charge in [-0.3, -0.25) is 4.79 Å². The van der Waals surface area contributed by atoms with Gasteiger partial charge >= 0.3 is 0 Å². The molecule has 1 aliphatic rings. The van der Waals surface area contributed by atoms with E-state index in [1.165, 1.54) is 6.42 Å². The van der Waals surface area contributed by atoms with Crippen LogP contribution in [0.5, 0.6) is 0 Å². The molecule has 98 valence electrons. The Bertz CT molecular complexity index is 431. The van der Waals surface area contributed by atoms with Crippen molar-refractivity contribution in [2.24, 2.45) is 5.73 Å². The van der Waals surface area contributed by atoms with Crippen LogP contribution in [0.3, 0.4) is 0 Å². The van der Waals surface area contributed by atoms with Crippen molar-refractivity contribution in [3.63, 3.8) is 0 Å². The van der Waals surface area contributed by atoms with Gasteiger partial charge in [0.1, 0.15) is 0 Å². The minimum Gasteiger partial charge on any atom is -0.398 e. The Morgan fingerprint density at radius 3 is 2.94 bits per heavy atom. The third-order valence-corrected chi connectivity index (χ3v) is 4.14. The number of ether oxygens (including phenoxy) is 1. The summed E-state index contributed by atoms with van der Waals surface area (Å²) in [5, 5.41) is 0. The van der Waals surface area contributed by atoms with Crippen molar-refractivity contribution in [3.8, 4) is 0 Å². The second-order valence-corrected chi connectivity index (χ2v) is 5.46. The summed E-state index contributed by atoms with van der Waals surface area (Å²) < 4.78 is 5.56. The van der Waals surface area contributed by atoms with Gasteiger partial charge in [-0.2, -0.15) is 11.8 Å². The molecular formula is C13H18N2O2S. The molecule has 4 N–H and O–H groups in total. The van der Waals surface area contributed by atoms with E-state index in [4.69, 9.17) is 16.2 Å². The van der Waals surface area contributed by atoms with Crippen LogP contribution < -0.4 is 11.5 Å². The van der Waals surface area contributed by atoms with Gasteiger partial charge in [0.05, 0.1) is 6.10 Å². The predicted molar refractivity (Wildman–Crippen MR) is 74.5 cm³/mol. The van der Waals surface area contributed by atoms with Gasteiger partial charge in [0.15, 0.2) is 0 Å². The van der Waals surface area contributed by atoms with E-state index in [9.17, 15) is 4.79 Å². The van der Waals surface area contributed by atoms with Crippen molar-refractivity contribution in [2.75, 3.05) is 18.1 Å². The van der Waals surface area contributed by atoms with Gasteiger partial charge in [-0.05, 0) is 30.5 Å². The lowest BCUT2D eigenvalue weighted by molar-refractivity contribution is 0.100. The minimum absolute atomic E-state index is 0.390. The van der Waals surface area contributed by atoms with Crippen molar-refractivity contribution in [2.45, 2.75) is 24.7 Å². The van der Waals surface area contributed by atoms with Crippen LogP contribution in [-0.4, -0.2) is 24.4 Å². The maximum atomic E-state index is 11.0. The van der Waals surface area contributed by atoms with E-state index in [1.807, 2.05) is 17.8 Å². The molecule has 0 bridgehead atoms. The number of nitrogens with two attached hydrogens (primary N) is 2. The van der Waals surface area contributed by atoms with Crippen molar-refractivity contribution in [1.29, 1.82) is 0 Å². The molecule has 1 aromatic carbocycles. The first-order valence-corrected chi connectivity index (χ1v) is 7.20. The average Bonchev–Trinajstić information content (AvgIpc) is 2.84. The first kappa shape index (κ1) is 13.2. The minimum atomic E-state index is -0.444. The van der Waals surface area contributed by atoms with Gasteiger partial charge in [0.2, 0.25) is 5.91 Å². The number of rotatable bonds is 5. The van der Waals surface area contributed by atoms with Crippen LogP contribution in [0.4, 0.5) is 5.69 Å². The quantitative estimate of drug-likeness (QED) is 0.796. The molecule has 0 radical (unpaired) electrons. The second kappa shape index (κ2) is 6.11. The van der Waals surface area contributed by atoms with Gasteiger partial charge in [0, 0.05) is 29.4 Å². The van der Waals surface area contributed by atoms with Crippen LogP contribution in [0.2, 0.25) is 0 Å². The summed E-state index contributed by atoms with van der Waals surface area (Å²) in [6.45, 7) is 0.890. The number of nitrogen functional groups attached to an aromatic ring is 1. The fraction of sp³-hybridized carbons (Fsp3) is 0.462. The zero-order valence-electron chi connectivity index (χ0n) is 10.2. The molecule has 1 aromatic rings. The number of primary amides is 1. The lowest BCUT2D eigenvalue weighted by Crippen LogP contribution is -2.12. The molecule has 1 amide bonds. The summed E-state index contributed by atoms with van der Waals surface area (Å²) in [7, 11) is 0. The van der Waals surface area contributed by atoms with Crippen LogP contribution in [0.1, 0.15) is 28.8 Å². The number of thioether (sulfide) groups is 1. The molecule has 4 nitrogen and oxygen atoms in total. The van der Waals surface area contributed by atoms with Crippen LogP contribution in [0, 0.1) is 0 Å². The fourth-order valence-electron chi connectivity index (χ4n) is 1.96. The number of benzene rings is 1. The van der Waals surface area contributed by atoms with E-state index < -0.39 is 5.91 Å². The maximum absolute atomic E-state index is 11.0. The maximum Gasteiger partial charge on any atom is 0.248 e. The Balaban J connectivity index is 1.87. The third kappa shape index (κ3) is 3.40. The Kier molecular flexibility index (Phi) is 4.49. The summed E-state index contributed by atoms with van der Waals surface area (Å²) in [6, 6.07) is 5.24. The molecule has 18 heavy (non-hydrogen) atoms. The van der Waals surface area contributed by atoms with Crippen LogP contribution in [0.25, 0.3) is 0 Å². The highest BCUT2D eigenvalue weighted by Crippen LogP contribution is 2.23. The molecule has 1 saturated heterocycles. The first-order chi connectivity index (χ1) is 8.66. The molecule has 1 fully saturated rings. The van der Waals surface area contributed by atoms with E-state index >= 15 is 0 Å². The van der Waals surface area contributed by atoms with E-state index in [2.05, 4.69) is 0 Å². The molecule has 0 saturated carbocycles. The monoisotopic (exact) mass is 266 g/mol. The summed E-state index contributed by atoms with van der Waals surface area (Å²) >= 11 is 1.81. The topological polar surface area (TPSA) is 78.3 Å². The largest absolute Gasteiger partial charge is 0.398 e. The normalized spacial score (nSPS) is 19.0. The van der Waals surface area contributed by atoms with Gasteiger partial charge < -0.3 is 16.2 Å². The van der Waals surface area contributed by atoms with E-state index in [0.29, 0.717) is 17.4 Å². The smallest absolute Gasteiger partial charge is 0.248 e. The summed E-state index contributed by atoms with van der Waals surface area (Å²) in [6.07, 6.45) is 2.71. The van der Waals surface area contributed by atoms with Crippen molar-refractivity contribution in [3.05, 3.63) is 29.3 Å². The molecule has 1 heterocycles. The number of amides is 1. The number of hydrogen-bond donors (Lipinski definition) is 2. The van der Waals surface area contributed by atoms with Gasteiger partial charge in [-0.1, -0.05) is 6.07 Å². The fourth-order valence-corrected chi connectivity index (χ4v) is 3.08. The molecule has 0 spiro atoms. The van der Waals surface area contributed by atoms with Crippen LogP contribution in [0.15, 0.2) is 18.2 Å². The molecule has 1 atom stereocenters. The van der Waals surface area contributed by atoms with E-state index in [0.717, 1.165) is 30.1 Å². The molecular weight excluding hydrogens is 248 g/mol. The standard InChI is InChI=1S/C13H18N2O2S/c14-12-6-9(13(15)16)3-4-10(12)7-18-8-11-2-1-5-17-11/h3-4,6,11H,1-2,5,7-8,14H2,(H2,15,16). The summed E-state index contributed by atoms with van der Waals surface area (Å²) in [4.78, 5) is 11.0. The molecule has 0 aromatic heterocycles. The Hall–Kier alpha value is -1.20. The molecule has 1 aliphatic heterocycles. The van der Waals surface area contributed by atoms with E-state index in [-0.39, 0.29) is 0 Å². The lowest BCUT2D eigenvalue weighted by Gasteiger charge is -2.10. The Labute approximate surface area is 111 Å². The first-order valence-electron chi connectivity index (χ1n) is 6.04. The number of hydrogen-bond acceptors (Lipinski definition) is 4. The zero-order valence-corrected chi connectivity index (χ0v) is 11.0. The summed E-state index contributed by atoms with van der Waals surface area (Å²) in [5.41, 5.74) is 13.2. The molecule has 0 aliphatic carbocycles. The van der Waals surface area contributed by atoms with Crippen LogP contribution in [-0.2, 0) is 10.5 Å². The highest BCUT2D eigenvalue weighted by atomic mass is 32.2. The Morgan fingerprint density at radius 2 is 2.33 bits per heavy atom. The van der Waals surface area contributed by atoms with Gasteiger partial charge in [-0.15, -0.1) is 0 Å². The average molecular weight is 266 g/mol. The van der Waals surface area contributed by atoms with E-state index in [1.54, 1.807) is 12.1 Å². The van der Waals surface area contributed by atoms with Crippen molar-refractivity contribution in [1.82, 2.24) is 0 Å². The van der Waals surface area contributed by atoms with Gasteiger partial charge in [0.25, 0.3) is 0 Å². The number of anilines is 1. The molecule has 2 rings (SSSR count). The second-order valence-electron chi connectivity index (χ2n) is 4.43. The van der Waals surface area contributed by atoms with Crippen molar-refractivity contribution >= 4 is 23.4 Å². The Morgan fingerprint density at radius 1 is 1.50 bits per heavy atom. The van der Waals surface area contributed by atoms with Crippen molar-refractivity contribution < 1.29 is 9.53 Å². The summed E-state index contributed by atoms with van der Waals surface area (Å²) in [5.74, 6) is 1.39. The zero-order chi connectivity index (χ0) is 13.0. The lowest BCUT2D eigenvalue weighted by atomic mass is 10.1.